The standard InChI is InChI=1S/C72H68/c1-68(2,3)45-27-41-24-23-39-25-26-53-65-59(34-44(32-45)60(41)63(39)65)67-62(43-30-48(71(10,11)12)36-49(31-43)72(13,14)15)57-37-54-52-22-18-21-51-50-20-17-16-19-40(50)33-56(64(51)52)55(54)38-58(57)61(66(53)67)42-28-46(69(4,5)6)35-47(29-42)70(7,8)9/h16-38H,1-15H3. The predicted octanol–water partition coefficient (Wildman–Crippen LogP) is 21.4. The van der Waals surface area contributed by atoms with Crippen LogP contribution in [0.15, 0.2) is 140 Å². The SMILES string of the molecule is CC(C)(C)c1cc(-c2c3cc4c(cc3c(-c3cc(C(C)(C)C)cc(C(C)(C)C)c3)c3c5cc6cc(C(C)(C)C)cc7ccc8ccc(c23)c5c8c76)c2cccc3c5ccccc5cc4c32)cc(C(C)(C)C)c1. The minimum absolute atomic E-state index is 0.00532. The molecular formula is C72H68. The molecule has 13 rings (SSSR count). The summed E-state index contributed by atoms with van der Waals surface area (Å²) < 4.78 is 0. The van der Waals surface area contributed by atoms with Crippen LogP contribution < -0.4 is 0 Å². The fraction of sp³-hybridized carbons (Fsp3) is 0.278. The van der Waals surface area contributed by atoms with Crippen LogP contribution in [-0.4, -0.2) is 0 Å². The second kappa shape index (κ2) is 14.5. The lowest BCUT2D eigenvalue weighted by Crippen LogP contribution is -2.16. The Hall–Kier alpha value is -6.76. The van der Waals surface area contributed by atoms with E-state index in [1.807, 2.05) is 0 Å². The molecule has 0 aliphatic heterocycles. The fourth-order valence-corrected chi connectivity index (χ4v) is 12.8. The Morgan fingerprint density at radius 1 is 0.208 bits per heavy atom. The normalized spacial score (nSPS) is 13.8. The van der Waals surface area contributed by atoms with E-state index in [2.05, 4.69) is 243 Å². The summed E-state index contributed by atoms with van der Waals surface area (Å²) in [7, 11) is 0. The van der Waals surface area contributed by atoms with Gasteiger partial charge in [-0.15, -0.1) is 0 Å². The largest absolute Gasteiger partial charge is 0.0616 e. The van der Waals surface area contributed by atoms with E-state index in [9.17, 15) is 0 Å². The van der Waals surface area contributed by atoms with Gasteiger partial charge in [0.2, 0.25) is 0 Å². The van der Waals surface area contributed by atoms with E-state index in [4.69, 9.17) is 0 Å². The molecule has 72 heavy (non-hydrogen) atoms. The number of fused-ring (bicyclic) bond motifs is 9. The van der Waals surface area contributed by atoms with Gasteiger partial charge in [-0.05, 0) is 209 Å². The molecule has 0 spiro atoms. The van der Waals surface area contributed by atoms with Crippen LogP contribution in [0, 0.1) is 0 Å². The summed E-state index contributed by atoms with van der Waals surface area (Å²) in [6.07, 6.45) is 0. The molecule has 0 heteroatoms. The highest BCUT2D eigenvalue weighted by Crippen LogP contribution is 2.56. The highest BCUT2D eigenvalue weighted by atomic mass is 14.3. The molecule has 0 aliphatic rings. The Kier molecular flexibility index (Phi) is 9.07. The van der Waals surface area contributed by atoms with Crippen molar-refractivity contribution in [3.63, 3.8) is 0 Å². The zero-order valence-electron chi connectivity index (χ0n) is 45.3. The van der Waals surface area contributed by atoms with E-state index in [0.717, 1.165) is 0 Å². The molecular weight excluding hydrogens is 865 g/mol. The molecule has 0 bridgehead atoms. The van der Waals surface area contributed by atoms with Crippen LogP contribution in [0.2, 0.25) is 0 Å². The van der Waals surface area contributed by atoms with E-state index in [1.165, 1.54) is 158 Å². The molecule has 0 saturated carbocycles. The third-order valence-corrected chi connectivity index (χ3v) is 16.9. The Balaban J connectivity index is 1.36. The van der Waals surface area contributed by atoms with Gasteiger partial charge < -0.3 is 0 Å². The first-order chi connectivity index (χ1) is 33.8. The van der Waals surface area contributed by atoms with Crippen molar-refractivity contribution >= 4 is 108 Å². The van der Waals surface area contributed by atoms with Gasteiger partial charge in [-0.1, -0.05) is 219 Å². The summed E-state index contributed by atoms with van der Waals surface area (Å²) in [6, 6.07) is 56.2. The van der Waals surface area contributed by atoms with Gasteiger partial charge in [-0.2, -0.15) is 0 Å². The number of rotatable bonds is 2. The van der Waals surface area contributed by atoms with Crippen molar-refractivity contribution in [1.29, 1.82) is 0 Å². The molecule has 0 nitrogen and oxygen atoms in total. The van der Waals surface area contributed by atoms with Crippen molar-refractivity contribution < 1.29 is 0 Å². The highest BCUT2D eigenvalue weighted by Gasteiger charge is 2.31. The molecule has 0 heterocycles. The third-order valence-electron chi connectivity index (χ3n) is 16.9. The van der Waals surface area contributed by atoms with Gasteiger partial charge in [0.25, 0.3) is 0 Å². The Labute approximate surface area is 426 Å². The summed E-state index contributed by atoms with van der Waals surface area (Å²) in [6.45, 7) is 35.7. The quantitative estimate of drug-likeness (QED) is 0.152. The van der Waals surface area contributed by atoms with E-state index < -0.39 is 0 Å². The van der Waals surface area contributed by atoms with Crippen LogP contribution in [0.5, 0.6) is 0 Å². The van der Waals surface area contributed by atoms with Gasteiger partial charge in [-0.25, -0.2) is 0 Å². The molecule has 0 aromatic heterocycles. The van der Waals surface area contributed by atoms with Crippen LogP contribution in [0.3, 0.4) is 0 Å². The summed E-state index contributed by atoms with van der Waals surface area (Å²) in [5.41, 5.74) is 11.9. The Morgan fingerprint density at radius 3 is 1.19 bits per heavy atom. The van der Waals surface area contributed by atoms with Crippen molar-refractivity contribution in [2.45, 2.75) is 131 Å². The monoisotopic (exact) mass is 933 g/mol. The minimum atomic E-state index is -0.0661. The van der Waals surface area contributed by atoms with Gasteiger partial charge >= 0.3 is 0 Å². The van der Waals surface area contributed by atoms with Gasteiger partial charge in [0.1, 0.15) is 0 Å². The zero-order chi connectivity index (χ0) is 50.5. The Bertz CT molecular complexity index is 4350. The van der Waals surface area contributed by atoms with Crippen LogP contribution in [-0.2, 0) is 27.1 Å². The average Bonchev–Trinajstić information content (AvgIpc) is 3.80. The average molecular weight is 933 g/mol. The van der Waals surface area contributed by atoms with Crippen molar-refractivity contribution in [3.05, 3.63) is 167 Å². The maximum absolute atomic E-state index is 2.64. The fourth-order valence-electron chi connectivity index (χ4n) is 12.8. The molecule has 356 valence electrons. The molecule has 0 radical (unpaired) electrons. The molecule has 0 N–H and O–H groups in total. The zero-order valence-corrected chi connectivity index (χ0v) is 45.3. The van der Waals surface area contributed by atoms with Crippen LogP contribution in [0.1, 0.15) is 132 Å². The highest BCUT2D eigenvalue weighted by molar-refractivity contribution is 6.46. The van der Waals surface area contributed by atoms with Gasteiger partial charge in [0.15, 0.2) is 0 Å². The predicted molar refractivity (Wildman–Crippen MR) is 319 cm³/mol. The lowest BCUT2D eigenvalue weighted by Gasteiger charge is -2.28. The topological polar surface area (TPSA) is 0 Å². The van der Waals surface area contributed by atoms with Crippen molar-refractivity contribution in [3.8, 4) is 22.3 Å². The molecule has 0 aliphatic carbocycles. The maximum atomic E-state index is 2.64. The molecule has 0 saturated heterocycles. The minimum Gasteiger partial charge on any atom is -0.0616 e. The molecule has 0 unspecified atom stereocenters. The van der Waals surface area contributed by atoms with Gasteiger partial charge in [-0.3, -0.25) is 0 Å². The van der Waals surface area contributed by atoms with E-state index in [-0.39, 0.29) is 27.1 Å². The molecule has 13 aromatic rings. The lowest BCUT2D eigenvalue weighted by molar-refractivity contribution is 0.568. The maximum Gasteiger partial charge on any atom is -0.000718 e. The molecule has 0 fully saturated rings. The van der Waals surface area contributed by atoms with Gasteiger partial charge in [0.05, 0.1) is 0 Å². The molecule has 13 aromatic carbocycles. The van der Waals surface area contributed by atoms with Crippen molar-refractivity contribution in [2.24, 2.45) is 0 Å². The van der Waals surface area contributed by atoms with Crippen molar-refractivity contribution in [1.82, 2.24) is 0 Å². The molecule has 0 amide bonds. The first-order valence-corrected chi connectivity index (χ1v) is 26.6. The second-order valence-electron chi connectivity index (χ2n) is 27.0. The first kappa shape index (κ1) is 45.1. The third kappa shape index (κ3) is 6.49. The van der Waals surface area contributed by atoms with Crippen molar-refractivity contribution in [2.75, 3.05) is 0 Å². The smallest absolute Gasteiger partial charge is 0.000718 e. The summed E-state index contributed by atoms with van der Waals surface area (Å²) >= 11 is 0. The summed E-state index contributed by atoms with van der Waals surface area (Å²) in [4.78, 5) is 0. The lowest BCUT2D eigenvalue weighted by atomic mass is 9.76. The van der Waals surface area contributed by atoms with E-state index in [1.54, 1.807) is 0 Å². The van der Waals surface area contributed by atoms with Crippen LogP contribution in [0.25, 0.3) is 130 Å². The number of benzene rings is 11. The summed E-state index contributed by atoms with van der Waals surface area (Å²) in [5.74, 6) is 0. The van der Waals surface area contributed by atoms with E-state index in [0.29, 0.717) is 0 Å². The first-order valence-electron chi connectivity index (χ1n) is 26.6. The van der Waals surface area contributed by atoms with Crippen LogP contribution >= 0.6 is 0 Å². The van der Waals surface area contributed by atoms with E-state index >= 15 is 0 Å². The van der Waals surface area contributed by atoms with Gasteiger partial charge in [0, 0.05) is 0 Å². The number of hydrogen-bond acceptors (Lipinski definition) is 0. The number of hydrogen-bond donors (Lipinski definition) is 0. The second-order valence-corrected chi connectivity index (χ2v) is 27.0. The molecule has 0 atom stereocenters. The Morgan fingerprint density at radius 2 is 0.639 bits per heavy atom. The van der Waals surface area contributed by atoms with Crippen LogP contribution in [0.4, 0.5) is 0 Å². The summed E-state index contributed by atoms with van der Waals surface area (Å²) in [5, 5.41) is 26.8.